The van der Waals surface area contributed by atoms with Gasteiger partial charge in [0.2, 0.25) is 0 Å². The van der Waals surface area contributed by atoms with Crippen molar-refractivity contribution in [2.24, 2.45) is 5.92 Å². The molecule has 3 N–H and O–H groups in total. The van der Waals surface area contributed by atoms with Crippen molar-refractivity contribution in [2.45, 2.75) is 26.8 Å². The Kier molecular flexibility index (Phi) is 5.16. The maximum atomic E-state index is 12.2. The van der Waals surface area contributed by atoms with E-state index >= 15 is 0 Å². The number of nitrogens with two attached hydrogens (primary N) is 1. The summed E-state index contributed by atoms with van der Waals surface area (Å²) in [6, 6.07) is 5.43. The lowest BCUT2D eigenvalue weighted by molar-refractivity contribution is 0.0867. The summed E-state index contributed by atoms with van der Waals surface area (Å²) in [6.07, 6.45) is 0. The fourth-order valence-corrected chi connectivity index (χ4v) is 1.69. The molecular formula is C14H22N2O2. The highest BCUT2D eigenvalue weighted by Crippen LogP contribution is 2.14. The Balaban J connectivity index is 2.83. The lowest BCUT2D eigenvalue weighted by Gasteiger charge is -2.22. The lowest BCUT2D eigenvalue weighted by Crippen LogP contribution is -2.41. The summed E-state index contributed by atoms with van der Waals surface area (Å²) in [5.74, 6) is 0.159. The zero-order valence-corrected chi connectivity index (χ0v) is 11.5. The van der Waals surface area contributed by atoms with E-state index in [4.69, 9.17) is 10.5 Å². The molecule has 0 bridgehead atoms. The number of anilines is 1. The fraction of sp³-hybridized carbons (Fsp3) is 0.500. The Hall–Kier alpha value is -1.55. The van der Waals surface area contributed by atoms with Crippen LogP contribution in [0.3, 0.4) is 0 Å². The van der Waals surface area contributed by atoms with E-state index in [2.05, 4.69) is 5.32 Å². The molecule has 0 saturated heterocycles. The summed E-state index contributed by atoms with van der Waals surface area (Å²) in [6.45, 7) is 6.52. The molecule has 100 valence electrons. The van der Waals surface area contributed by atoms with Crippen molar-refractivity contribution in [3.63, 3.8) is 0 Å². The number of hydrogen-bond donors (Lipinski definition) is 2. The van der Waals surface area contributed by atoms with E-state index in [1.54, 1.807) is 19.2 Å². The number of rotatable bonds is 5. The van der Waals surface area contributed by atoms with Crippen LogP contribution < -0.4 is 11.1 Å². The minimum absolute atomic E-state index is 0.0117. The molecule has 0 aliphatic heterocycles. The first kappa shape index (κ1) is 14.5. The molecule has 0 saturated carbocycles. The normalized spacial score (nSPS) is 12.5. The summed E-state index contributed by atoms with van der Waals surface area (Å²) in [4.78, 5) is 12.2. The Labute approximate surface area is 109 Å². The molecule has 4 heteroatoms. The van der Waals surface area contributed by atoms with E-state index in [1.165, 1.54) is 0 Å². The molecule has 4 nitrogen and oxygen atoms in total. The fourth-order valence-electron chi connectivity index (χ4n) is 1.69. The predicted octanol–water partition coefficient (Wildman–Crippen LogP) is 1.98. The maximum Gasteiger partial charge on any atom is 0.253 e. The van der Waals surface area contributed by atoms with Gasteiger partial charge < -0.3 is 15.8 Å². The lowest BCUT2D eigenvalue weighted by atomic mass is 10.0. The second-order valence-corrected chi connectivity index (χ2v) is 4.87. The first-order valence-corrected chi connectivity index (χ1v) is 6.11. The van der Waals surface area contributed by atoms with Gasteiger partial charge in [0.1, 0.15) is 0 Å². The van der Waals surface area contributed by atoms with Gasteiger partial charge in [0.25, 0.3) is 5.91 Å². The first-order valence-electron chi connectivity index (χ1n) is 6.11. The number of carbonyl (C=O) groups is 1. The molecule has 0 aromatic heterocycles. The van der Waals surface area contributed by atoms with Crippen molar-refractivity contribution in [3.05, 3.63) is 29.3 Å². The number of methoxy groups -OCH3 is 1. The molecule has 1 rings (SSSR count). The minimum Gasteiger partial charge on any atom is -0.398 e. The van der Waals surface area contributed by atoms with E-state index in [0.717, 1.165) is 5.56 Å². The van der Waals surface area contributed by atoms with Gasteiger partial charge in [0, 0.05) is 12.8 Å². The maximum absolute atomic E-state index is 12.2. The highest BCUT2D eigenvalue weighted by molar-refractivity contribution is 5.99. The third-order valence-electron chi connectivity index (χ3n) is 2.92. The highest BCUT2D eigenvalue weighted by atomic mass is 16.5. The summed E-state index contributed by atoms with van der Waals surface area (Å²) >= 11 is 0. The number of amides is 1. The van der Waals surface area contributed by atoms with Crippen LogP contribution in [-0.4, -0.2) is 25.7 Å². The molecule has 18 heavy (non-hydrogen) atoms. The zero-order chi connectivity index (χ0) is 13.7. The number of carbonyl (C=O) groups excluding carboxylic acids is 1. The van der Waals surface area contributed by atoms with Crippen molar-refractivity contribution >= 4 is 11.6 Å². The minimum atomic E-state index is -0.146. The smallest absolute Gasteiger partial charge is 0.253 e. The van der Waals surface area contributed by atoms with Crippen molar-refractivity contribution in [2.75, 3.05) is 19.5 Å². The molecule has 0 aliphatic carbocycles. The van der Waals surface area contributed by atoms with Crippen LogP contribution in [0.2, 0.25) is 0 Å². The zero-order valence-electron chi connectivity index (χ0n) is 11.5. The molecule has 1 aromatic rings. The monoisotopic (exact) mass is 250 g/mol. The molecule has 0 heterocycles. The van der Waals surface area contributed by atoms with Crippen molar-refractivity contribution in [1.82, 2.24) is 5.32 Å². The third kappa shape index (κ3) is 3.74. The molecular weight excluding hydrogens is 228 g/mol. The molecule has 0 aliphatic rings. The third-order valence-corrected chi connectivity index (χ3v) is 2.92. The topological polar surface area (TPSA) is 64.3 Å². The molecule has 1 atom stereocenters. The standard InChI is InChI=1S/C14H22N2O2/c1-9(2)13(8-18-4)16-14(17)11-7-10(3)5-6-12(11)15/h5-7,9,13H,8,15H2,1-4H3,(H,16,17). The molecule has 1 amide bonds. The van der Waals surface area contributed by atoms with Crippen LogP contribution >= 0.6 is 0 Å². The first-order chi connectivity index (χ1) is 8.45. The van der Waals surface area contributed by atoms with Gasteiger partial charge in [-0.05, 0) is 25.0 Å². The number of nitrogen functional groups attached to an aromatic ring is 1. The van der Waals surface area contributed by atoms with Gasteiger partial charge in [-0.15, -0.1) is 0 Å². The van der Waals surface area contributed by atoms with E-state index in [1.807, 2.05) is 26.8 Å². The Morgan fingerprint density at radius 1 is 1.44 bits per heavy atom. The Morgan fingerprint density at radius 3 is 2.67 bits per heavy atom. The van der Waals surface area contributed by atoms with Gasteiger partial charge in [-0.25, -0.2) is 0 Å². The summed E-state index contributed by atoms with van der Waals surface area (Å²) < 4.78 is 5.11. The SMILES string of the molecule is COCC(NC(=O)c1cc(C)ccc1N)C(C)C. The van der Waals surface area contributed by atoms with Gasteiger partial charge in [0.05, 0.1) is 18.2 Å². The van der Waals surface area contributed by atoms with Gasteiger partial charge in [-0.2, -0.15) is 0 Å². The summed E-state index contributed by atoms with van der Waals surface area (Å²) in [5.41, 5.74) is 7.86. The van der Waals surface area contributed by atoms with Crippen molar-refractivity contribution in [1.29, 1.82) is 0 Å². The second-order valence-electron chi connectivity index (χ2n) is 4.87. The average Bonchev–Trinajstić information content (AvgIpc) is 2.31. The number of aryl methyl sites for hydroxylation is 1. The van der Waals surface area contributed by atoms with E-state index in [9.17, 15) is 4.79 Å². The number of ether oxygens (including phenoxy) is 1. The number of benzene rings is 1. The van der Waals surface area contributed by atoms with Crippen molar-refractivity contribution in [3.8, 4) is 0 Å². The van der Waals surface area contributed by atoms with Crippen LogP contribution in [0.5, 0.6) is 0 Å². The quantitative estimate of drug-likeness (QED) is 0.785. The molecule has 1 aromatic carbocycles. The van der Waals surface area contributed by atoms with Gasteiger partial charge in [0.15, 0.2) is 0 Å². The molecule has 1 unspecified atom stereocenters. The Morgan fingerprint density at radius 2 is 2.11 bits per heavy atom. The van der Waals surface area contributed by atoms with Crippen LogP contribution in [0.4, 0.5) is 5.69 Å². The van der Waals surface area contributed by atoms with Gasteiger partial charge in [-0.1, -0.05) is 25.5 Å². The summed E-state index contributed by atoms with van der Waals surface area (Å²) in [7, 11) is 1.63. The largest absolute Gasteiger partial charge is 0.398 e. The van der Waals surface area contributed by atoms with Crippen molar-refractivity contribution < 1.29 is 9.53 Å². The molecule has 0 fully saturated rings. The van der Waals surface area contributed by atoms with Crippen LogP contribution in [0.15, 0.2) is 18.2 Å². The second kappa shape index (κ2) is 6.40. The van der Waals surface area contributed by atoms with Crippen LogP contribution in [0, 0.1) is 12.8 Å². The highest BCUT2D eigenvalue weighted by Gasteiger charge is 2.18. The average molecular weight is 250 g/mol. The predicted molar refractivity (Wildman–Crippen MR) is 73.6 cm³/mol. The van der Waals surface area contributed by atoms with Crippen LogP contribution in [0.1, 0.15) is 29.8 Å². The Bertz CT molecular complexity index is 416. The number of nitrogens with one attached hydrogen (secondary N) is 1. The summed E-state index contributed by atoms with van der Waals surface area (Å²) in [5, 5.41) is 2.96. The van der Waals surface area contributed by atoms with Crippen LogP contribution in [0.25, 0.3) is 0 Å². The number of hydrogen-bond acceptors (Lipinski definition) is 3. The van der Waals surface area contributed by atoms with E-state index < -0.39 is 0 Å². The van der Waals surface area contributed by atoms with E-state index in [-0.39, 0.29) is 11.9 Å². The van der Waals surface area contributed by atoms with Gasteiger partial charge >= 0.3 is 0 Å². The molecule has 0 radical (unpaired) electrons. The molecule has 0 spiro atoms. The van der Waals surface area contributed by atoms with Gasteiger partial charge in [-0.3, -0.25) is 4.79 Å². The van der Waals surface area contributed by atoms with E-state index in [0.29, 0.717) is 23.8 Å². The van der Waals surface area contributed by atoms with Crippen LogP contribution in [-0.2, 0) is 4.74 Å².